The number of hydrogen-bond acceptors (Lipinski definition) is 1. The van der Waals surface area contributed by atoms with Crippen LogP contribution in [0, 0.1) is 0 Å². The molecule has 7 heavy (non-hydrogen) atoms. The maximum atomic E-state index is 11.4. The van der Waals surface area contributed by atoms with Crippen molar-refractivity contribution in [1.29, 1.82) is 0 Å². The molecular weight excluding hydrogens is 115 g/mol. The SMILES string of the molecule is CCCCS(=O)F. The van der Waals surface area contributed by atoms with Gasteiger partial charge in [-0.25, -0.2) is 4.21 Å². The Morgan fingerprint density at radius 2 is 2.29 bits per heavy atom. The summed E-state index contributed by atoms with van der Waals surface area (Å²) in [5, 5.41) is 0. The highest BCUT2D eigenvalue weighted by Crippen LogP contribution is 1.90. The van der Waals surface area contributed by atoms with Crippen molar-refractivity contribution in [2.45, 2.75) is 19.8 Å². The van der Waals surface area contributed by atoms with Crippen molar-refractivity contribution in [2.75, 3.05) is 5.75 Å². The first kappa shape index (κ1) is 7.08. The van der Waals surface area contributed by atoms with Gasteiger partial charge in [-0.15, -0.1) is 3.89 Å². The second-order valence-electron chi connectivity index (χ2n) is 1.35. The van der Waals surface area contributed by atoms with E-state index >= 15 is 0 Å². The normalized spacial score (nSPS) is 14.0. The van der Waals surface area contributed by atoms with E-state index in [9.17, 15) is 8.09 Å². The molecule has 0 aromatic rings. The number of unbranched alkanes of at least 4 members (excludes halogenated alkanes) is 1. The van der Waals surface area contributed by atoms with Crippen molar-refractivity contribution in [1.82, 2.24) is 0 Å². The molecule has 0 saturated carbocycles. The number of hydrogen-bond donors (Lipinski definition) is 0. The van der Waals surface area contributed by atoms with Gasteiger partial charge in [0, 0.05) is 0 Å². The Hall–Kier alpha value is 0.0800. The molecule has 0 aliphatic rings. The first-order valence-corrected chi connectivity index (χ1v) is 3.54. The molecule has 0 aromatic carbocycles. The third-order valence-electron chi connectivity index (χ3n) is 0.658. The lowest BCUT2D eigenvalue weighted by Crippen LogP contribution is -1.86. The third-order valence-corrected chi connectivity index (χ3v) is 1.27. The van der Waals surface area contributed by atoms with Crippen LogP contribution in [0.3, 0.4) is 0 Å². The van der Waals surface area contributed by atoms with E-state index in [1.165, 1.54) is 0 Å². The van der Waals surface area contributed by atoms with Gasteiger partial charge < -0.3 is 0 Å². The van der Waals surface area contributed by atoms with Crippen molar-refractivity contribution in [3.8, 4) is 0 Å². The fourth-order valence-electron chi connectivity index (χ4n) is 0.258. The molecule has 0 aliphatic heterocycles. The number of halogens is 1. The van der Waals surface area contributed by atoms with Gasteiger partial charge in [0.15, 0.2) is 11.2 Å². The zero-order valence-corrected chi connectivity index (χ0v) is 5.13. The van der Waals surface area contributed by atoms with Crippen LogP contribution < -0.4 is 0 Å². The molecule has 44 valence electrons. The summed E-state index contributed by atoms with van der Waals surface area (Å²) >= 11 is -2.07. The summed E-state index contributed by atoms with van der Waals surface area (Å²) in [7, 11) is 0. The maximum Gasteiger partial charge on any atom is 0.198 e. The lowest BCUT2D eigenvalue weighted by atomic mass is 10.4. The van der Waals surface area contributed by atoms with Gasteiger partial charge in [-0.2, -0.15) is 0 Å². The van der Waals surface area contributed by atoms with Gasteiger partial charge in [0.2, 0.25) is 0 Å². The maximum absolute atomic E-state index is 11.4. The highest BCUT2D eigenvalue weighted by atomic mass is 32.2. The molecule has 0 aromatic heterocycles. The molecule has 1 atom stereocenters. The van der Waals surface area contributed by atoms with Crippen molar-refractivity contribution >= 4 is 11.2 Å². The van der Waals surface area contributed by atoms with E-state index in [0.29, 0.717) is 0 Å². The van der Waals surface area contributed by atoms with Crippen molar-refractivity contribution in [3.63, 3.8) is 0 Å². The van der Waals surface area contributed by atoms with Gasteiger partial charge in [-0.05, 0) is 6.42 Å². The van der Waals surface area contributed by atoms with Gasteiger partial charge in [0.05, 0.1) is 5.75 Å². The molecule has 0 saturated heterocycles. The topological polar surface area (TPSA) is 17.1 Å². The molecule has 0 radical (unpaired) electrons. The third kappa shape index (κ3) is 6.08. The summed E-state index contributed by atoms with van der Waals surface area (Å²) in [5.74, 6) is 0.205. The van der Waals surface area contributed by atoms with Crippen LogP contribution in [0.4, 0.5) is 3.89 Å². The zero-order valence-electron chi connectivity index (χ0n) is 4.32. The van der Waals surface area contributed by atoms with E-state index in [0.717, 1.165) is 12.8 Å². The Bertz CT molecular complexity index is 64.7. The second-order valence-corrected chi connectivity index (χ2v) is 2.34. The summed E-state index contributed by atoms with van der Waals surface area (Å²) in [6.45, 7) is 1.94. The molecule has 3 heteroatoms. The Balaban J connectivity index is 2.82. The highest BCUT2D eigenvalue weighted by molar-refractivity contribution is 7.79. The predicted molar refractivity (Wildman–Crippen MR) is 29.0 cm³/mol. The van der Waals surface area contributed by atoms with E-state index in [1.54, 1.807) is 0 Å². The van der Waals surface area contributed by atoms with E-state index in [-0.39, 0.29) is 5.75 Å². The Kier molecular flexibility index (Phi) is 4.29. The van der Waals surface area contributed by atoms with Crippen molar-refractivity contribution in [3.05, 3.63) is 0 Å². The first-order valence-electron chi connectivity index (χ1n) is 2.32. The largest absolute Gasteiger partial charge is 0.225 e. The van der Waals surface area contributed by atoms with Gasteiger partial charge >= 0.3 is 0 Å². The molecule has 0 N–H and O–H groups in total. The Morgan fingerprint density at radius 1 is 1.71 bits per heavy atom. The lowest BCUT2D eigenvalue weighted by Gasteiger charge is -1.84. The van der Waals surface area contributed by atoms with E-state index in [1.807, 2.05) is 6.92 Å². The molecule has 0 fully saturated rings. The van der Waals surface area contributed by atoms with Crippen LogP contribution in [-0.4, -0.2) is 9.96 Å². The van der Waals surface area contributed by atoms with Crippen LogP contribution >= 0.6 is 0 Å². The van der Waals surface area contributed by atoms with Gasteiger partial charge in [0.25, 0.3) is 0 Å². The first-order chi connectivity index (χ1) is 3.27. The molecular formula is C4H9FOS. The minimum Gasteiger partial charge on any atom is -0.225 e. The molecule has 0 aliphatic carbocycles. The van der Waals surface area contributed by atoms with Gasteiger partial charge in [-0.3, -0.25) is 0 Å². The van der Waals surface area contributed by atoms with Gasteiger partial charge in [-0.1, -0.05) is 13.3 Å². The number of rotatable bonds is 3. The molecule has 1 nitrogen and oxygen atoms in total. The molecule has 0 rings (SSSR count). The smallest absolute Gasteiger partial charge is 0.198 e. The lowest BCUT2D eigenvalue weighted by molar-refractivity contribution is 0.644. The highest BCUT2D eigenvalue weighted by Gasteiger charge is 1.90. The molecule has 0 spiro atoms. The van der Waals surface area contributed by atoms with Crippen LogP contribution in [0.25, 0.3) is 0 Å². The van der Waals surface area contributed by atoms with E-state index in [4.69, 9.17) is 0 Å². The Labute approximate surface area is 45.7 Å². The summed E-state index contributed by atoms with van der Waals surface area (Å²) in [4.78, 5) is 0. The van der Waals surface area contributed by atoms with E-state index in [2.05, 4.69) is 0 Å². The quantitative estimate of drug-likeness (QED) is 0.520. The fourth-order valence-corrected chi connectivity index (χ4v) is 0.773. The summed E-state index contributed by atoms with van der Waals surface area (Å²) in [6, 6.07) is 0. The van der Waals surface area contributed by atoms with E-state index < -0.39 is 11.2 Å². The average Bonchev–Trinajstić information content (AvgIpc) is 1.61. The van der Waals surface area contributed by atoms with Crippen LogP contribution in [0.15, 0.2) is 0 Å². The van der Waals surface area contributed by atoms with Crippen LogP contribution in [0.5, 0.6) is 0 Å². The van der Waals surface area contributed by atoms with Crippen molar-refractivity contribution in [2.24, 2.45) is 0 Å². The monoisotopic (exact) mass is 124 g/mol. The predicted octanol–water partition coefficient (Wildman–Crippen LogP) is 1.42. The summed E-state index contributed by atoms with van der Waals surface area (Å²) in [5.41, 5.74) is 0. The van der Waals surface area contributed by atoms with Crippen LogP contribution in [0.1, 0.15) is 19.8 Å². The molecule has 0 amide bonds. The fraction of sp³-hybridized carbons (Fsp3) is 1.00. The molecule has 0 bridgehead atoms. The second kappa shape index (κ2) is 4.24. The standard InChI is InChI=1S/C4H9FOS/c1-2-3-4-7(5)6/h2-4H2,1H3. The minimum atomic E-state index is -2.07. The molecule has 0 heterocycles. The molecule has 1 unspecified atom stereocenters. The minimum absolute atomic E-state index is 0.205. The zero-order chi connectivity index (χ0) is 5.70. The summed E-state index contributed by atoms with van der Waals surface area (Å²) in [6.07, 6.45) is 1.64. The van der Waals surface area contributed by atoms with Gasteiger partial charge in [0.1, 0.15) is 0 Å². The van der Waals surface area contributed by atoms with Crippen LogP contribution in [0.2, 0.25) is 0 Å². The Morgan fingerprint density at radius 3 is 2.43 bits per heavy atom. The van der Waals surface area contributed by atoms with Crippen LogP contribution in [-0.2, 0) is 11.2 Å². The van der Waals surface area contributed by atoms with Crippen molar-refractivity contribution < 1.29 is 8.09 Å². The average molecular weight is 124 g/mol. The summed E-state index contributed by atoms with van der Waals surface area (Å²) < 4.78 is 21.0.